The number of benzene rings is 6. The molecule has 2 nitrogen and oxygen atoms in total. The standard InChI is InChI=1S/C42H31BN2/c1-42(2)34-13-5-9-17-39(34)45(40-18-10-6-14-35(40)42)32-25-21-29(22-26-32)28-19-23-31(24-20-28)43-36-15-7-4-12-33(36)41-37(43)27-30-11-3-8-16-38(30)44-41/h3-27H,1-2H3. The number of aromatic nitrogens is 1. The van der Waals surface area contributed by atoms with E-state index < -0.39 is 0 Å². The van der Waals surface area contributed by atoms with Crippen LogP contribution in [0, 0.1) is 0 Å². The first-order chi connectivity index (χ1) is 22.1. The predicted octanol–water partition coefficient (Wildman–Crippen LogP) is 8.51. The minimum atomic E-state index is -0.0606. The van der Waals surface area contributed by atoms with Crippen LogP contribution < -0.4 is 21.3 Å². The molecule has 0 spiro atoms. The van der Waals surface area contributed by atoms with Crippen molar-refractivity contribution in [3.8, 4) is 22.4 Å². The van der Waals surface area contributed by atoms with Crippen molar-refractivity contribution in [3.05, 3.63) is 163 Å². The minimum Gasteiger partial charge on any atom is -0.310 e. The Morgan fingerprint density at radius 1 is 0.556 bits per heavy atom. The molecule has 1 aromatic heterocycles. The van der Waals surface area contributed by atoms with E-state index in [1.165, 1.54) is 66.7 Å². The second-order valence-corrected chi connectivity index (χ2v) is 12.8. The van der Waals surface area contributed by atoms with E-state index in [4.69, 9.17) is 4.98 Å². The largest absolute Gasteiger partial charge is 0.310 e. The van der Waals surface area contributed by atoms with Crippen LogP contribution in [0.5, 0.6) is 0 Å². The van der Waals surface area contributed by atoms with Crippen LogP contribution in [0.2, 0.25) is 0 Å². The number of pyridine rings is 1. The Morgan fingerprint density at radius 2 is 1.13 bits per heavy atom. The summed E-state index contributed by atoms with van der Waals surface area (Å²) in [6, 6.07) is 55.3. The number of anilines is 3. The summed E-state index contributed by atoms with van der Waals surface area (Å²) in [5.41, 5.74) is 16.0. The zero-order valence-electron chi connectivity index (χ0n) is 25.4. The van der Waals surface area contributed by atoms with E-state index in [0.29, 0.717) is 0 Å². The van der Waals surface area contributed by atoms with E-state index in [1.54, 1.807) is 0 Å². The van der Waals surface area contributed by atoms with Gasteiger partial charge in [-0.3, -0.25) is 0 Å². The lowest BCUT2D eigenvalue weighted by molar-refractivity contribution is 0.632. The summed E-state index contributed by atoms with van der Waals surface area (Å²) in [4.78, 5) is 7.53. The van der Waals surface area contributed by atoms with Crippen LogP contribution in [0.4, 0.5) is 17.1 Å². The van der Waals surface area contributed by atoms with Crippen molar-refractivity contribution in [3.63, 3.8) is 0 Å². The molecule has 0 atom stereocenters. The summed E-state index contributed by atoms with van der Waals surface area (Å²) in [5.74, 6) is 0. The highest BCUT2D eigenvalue weighted by atomic mass is 15.2. The average Bonchev–Trinajstić information content (AvgIpc) is 3.41. The smallest absolute Gasteiger partial charge is 0.244 e. The van der Waals surface area contributed by atoms with Gasteiger partial charge in [-0.15, -0.1) is 0 Å². The number of para-hydroxylation sites is 3. The number of nitrogens with zero attached hydrogens (tertiary/aromatic N) is 2. The molecule has 0 radical (unpaired) electrons. The number of rotatable bonds is 3. The van der Waals surface area contributed by atoms with Crippen LogP contribution in [-0.4, -0.2) is 11.7 Å². The molecule has 9 rings (SSSR count). The molecule has 3 heteroatoms. The summed E-state index contributed by atoms with van der Waals surface area (Å²) < 4.78 is 0. The average molecular weight is 575 g/mol. The second kappa shape index (κ2) is 9.80. The van der Waals surface area contributed by atoms with Gasteiger partial charge < -0.3 is 4.90 Å². The van der Waals surface area contributed by atoms with Gasteiger partial charge >= 0.3 is 0 Å². The Bertz CT molecular complexity index is 2200. The minimum absolute atomic E-state index is 0.0606. The molecule has 0 fully saturated rings. The van der Waals surface area contributed by atoms with Crippen molar-refractivity contribution < 1.29 is 0 Å². The number of hydrogen-bond donors (Lipinski definition) is 0. The molecule has 0 saturated heterocycles. The summed E-state index contributed by atoms with van der Waals surface area (Å²) in [7, 11) is 0. The molecule has 0 unspecified atom stereocenters. The van der Waals surface area contributed by atoms with Crippen molar-refractivity contribution in [2.24, 2.45) is 0 Å². The van der Waals surface area contributed by atoms with Gasteiger partial charge in [0.25, 0.3) is 0 Å². The van der Waals surface area contributed by atoms with Gasteiger partial charge in [0.15, 0.2) is 0 Å². The van der Waals surface area contributed by atoms with Crippen molar-refractivity contribution in [2.75, 3.05) is 4.90 Å². The van der Waals surface area contributed by atoms with Crippen LogP contribution >= 0.6 is 0 Å². The zero-order valence-corrected chi connectivity index (χ0v) is 25.4. The van der Waals surface area contributed by atoms with E-state index in [9.17, 15) is 0 Å². The fraction of sp³-hybridized carbons (Fsp3) is 0.0714. The van der Waals surface area contributed by atoms with Gasteiger partial charge in [0.05, 0.1) is 22.6 Å². The molecule has 0 N–H and O–H groups in total. The summed E-state index contributed by atoms with van der Waals surface area (Å²) in [5, 5.41) is 1.19. The Morgan fingerprint density at radius 3 is 1.84 bits per heavy atom. The third-order valence-electron chi connectivity index (χ3n) is 9.93. The number of fused-ring (bicyclic) bond motifs is 6. The molecule has 0 amide bonds. The van der Waals surface area contributed by atoms with Crippen LogP contribution in [-0.2, 0) is 5.41 Å². The van der Waals surface area contributed by atoms with Gasteiger partial charge in [0.2, 0.25) is 6.71 Å². The maximum Gasteiger partial charge on any atom is 0.244 e. The van der Waals surface area contributed by atoms with Gasteiger partial charge in [0, 0.05) is 11.1 Å². The summed E-state index contributed by atoms with van der Waals surface area (Å²) in [6.07, 6.45) is 0. The van der Waals surface area contributed by atoms with Crippen LogP contribution in [0.3, 0.4) is 0 Å². The maximum absolute atomic E-state index is 5.12. The van der Waals surface area contributed by atoms with Crippen LogP contribution in [0.25, 0.3) is 33.3 Å². The highest BCUT2D eigenvalue weighted by Gasteiger charge is 2.37. The normalized spacial score (nSPS) is 14.1. The summed E-state index contributed by atoms with van der Waals surface area (Å²) in [6.45, 7) is 4.83. The molecule has 0 aliphatic carbocycles. The second-order valence-electron chi connectivity index (χ2n) is 12.8. The van der Waals surface area contributed by atoms with E-state index in [-0.39, 0.29) is 12.1 Å². The van der Waals surface area contributed by atoms with Gasteiger partial charge in [-0.05, 0) is 69.0 Å². The topological polar surface area (TPSA) is 16.1 Å². The molecule has 212 valence electrons. The van der Waals surface area contributed by atoms with Crippen molar-refractivity contribution in [1.29, 1.82) is 0 Å². The van der Waals surface area contributed by atoms with Gasteiger partial charge in [-0.1, -0.05) is 146 Å². The molecule has 3 heterocycles. The van der Waals surface area contributed by atoms with Gasteiger partial charge in [-0.25, -0.2) is 4.98 Å². The Labute approximate surface area is 264 Å². The molecule has 45 heavy (non-hydrogen) atoms. The van der Waals surface area contributed by atoms with E-state index in [2.05, 4.69) is 170 Å². The fourth-order valence-corrected chi connectivity index (χ4v) is 7.68. The molecule has 7 aromatic rings. The summed E-state index contributed by atoms with van der Waals surface area (Å²) >= 11 is 0. The van der Waals surface area contributed by atoms with Gasteiger partial charge in [0.1, 0.15) is 0 Å². The quantitative estimate of drug-likeness (QED) is 0.197. The Kier molecular flexibility index (Phi) is 5.67. The van der Waals surface area contributed by atoms with Crippen molar-refractivity contribution in [2.45, 2.75) is 19.3 Å². The lowest BCUT2D eigenvalue weighted by atomic mass is 9.39. The first kappa shape index (κ1) is 26.0. The molecular formula is C42H31BN2. The monoisotopic (exact) mass is 574 g/mol. The molecule has 6 aromatic carbocycles. The van der Waals surface area contributed by atoms with E-state index >= 15 is 0 Å². The Hall–Kier alpha value is -5.41. The molecule has 2 aliphatic heterocycles. The van der Waals surface area contributed by atoms with Crippen molar-refractivity contribution >= 4 is 51.1 Å². The third kappa shape index (κ3) is 3.94. The maximum atomic E-state index is 5.12. The molecule has 0 saturated carbocycles. The van der Waals surface area contributed by atoms with Gasteiger partial charge in [-0.2, -0.15) is 0 Å². The molecule has 2 aliphatic rings. The van der Waals surface area contributed by atoms with E-state index in [0.717, 1.165) is 11.2 Å². The molecular weight excluding hydrogens is 543 g/mol. The van der Waals surface area contributed by atoms with Crippen LogP contribution in [0.15, 0.2) is 152 Å². The first-order valence-corrected chi connectivity index (χ1v) is 15.8. The molecule has 0 bridgehead atoms. The van der Waals surface area contributed by atoms with E-state index in [1.807, 2.05) is 0 Å². The highest BCUT2D eigenvalue weighted by Crippen LogP contribution is 2.51. The van der Waals surface area contributed by atoms with Crippen LogP contribution in [0.1, 0.15) is 25.0 Å². The fourth-order valence-electron chi connectivity index (χ4n) is 7.68. The first-order valence-electron chi connectivity index (χ1n) is 15.8. The highest BCUT2D eigenvalue weighted by molar-refractivity contribution is 6.99. The Balaban J connectivity index is 1.07. The van der Waals surface area contributed by atoms with Crippen molar-refractivity contribution in [1.82, 2.24) is 4.98 Å². The lowest BCUT2D eigenvalue weighted by Gasteiger charge is -2.42. The number of hydrogen-bond acceptors (Lipinski definition) is 2. The predicted molar refractivity (Wildman–Crippen MR) is 191 cm³/mol. The third-order valence-corrected chi connectivity index (χ3v) is 9.93. The lowest BCUT2D eigenvalue weighted by Crippen LogP contribution is -2.48. The SMILES string of the molecule is CC1(C)c2ccccc2N(c2ccc(-c3ccc(B4c5ccccc5-c5nc6ccccc6cc54)cc3)cc2)c2ccccc21. The zero-order chi connectivity index (χ0) is 30.1.